The van der Waals surface area contributed by atoms with E-state index >= 15 is 0 Å². The maximum absolute atomic E-state index is 10.1. The Bertz CT molecular complexity index is 335. The molecule has 0 saturated heterocycles. The van der Waals surface area contributed by atoms with Crippen LogP contribution in [0.25, 0.3) is 0 Å². The van der Waals surface area contributed by atoms with Crippen LogP contribution >= 0.6 is 0 Å². The van der Waals surface area contributed by atoms with Gasteiger partial charge in [0.15, 0.2) is 6.10 Å². The Morgan fingerprint density at radius 1 is 1.00 bits per heavy atom. The number of carboxylic acid groups (broad SMARTS) is 1. The van der Waals surface area contributed by atoms with Gasteiger partial charge in [-0.25, -0.2) is 4.79 Å². The third kappa shape index (κ3) is 14.6. The van der Waals surface area contributed by atoms with Gasteiger partial charge >= 0.3 is 54.1 Å². The van der Waals surface area contributed by atoms with Crippen molar-refractivity contribution in [2.45, 2.75) is 24.4 Å². The van der Waals surface area contributed by atoms with Crippen LogP contribution in [0, 0.1) is 0 Å². The van der Waals surface area contributed by atoms with Crippen molar-refractivity contribution < 1.29 is 53.0 Å². The predicted octanol–water partition coefficient (Wildman–Crippen LogP) is -5.06. The molecule has 0 aliphatic heterocycles. The van der Waals surface area contributed by atoms with Crippen LogP contribution in [0.2, 0.25) is 0 Å². The summed E-state index contributed by atoms with van der Waals surface area (Å²) in [5.74, 6) is -1.73. The molecule has 4 atom stereocenters. The second-order valence-electron chi connectivity index (χ2n) is 2.96. The fourth-order valence-electron chi connectivity index (χ4n) is 0.668. The summed E-state index contributed by atoms with van der Waals surface area (Å²) in [7, 11) is -4.67. The molecule has 114 valence electrons. The molecule has 19 heavy (non-hydrogen) atoms. The van der Waals surface area contributed by atoms with E-state index in [0.29, 0.717) is 0 Å². The average molecular weight is 336 g/mol. The van der Waals surface area contributed by atoms with Gasteiger partial charge in [0.05, 0.1) is 6.61 Å². The van der Waals surface area contributed by atoms with E-state index in [4.69, 9.17) is 48.2 Å². The van der Waals surface area contributed by atoms with Crippen molar-refractivity contribution in [3.8, 4) is 0 Å². The molecular weight excluding hydrogens is 320 g/mol. The van der Waals surface area contributed by atoms with Crippen LogP contribution in [0.4, 0.5) is 0 Å². The van der Waals surface area contributed by atoms with Crippen molar-refractivity contribution in [1.82, 2.24) is 0 Å². The molecule has 0 aromatic carbocycles. The summed E-state index contributed by atoms with van der Waals surface area (Å²) < 4.78 is 31.6. The van der Waals surface area contributed by atoms with Gasteiger partial charge in [-0.1, -0.05) is 0 Å². The summed E-state index contributed by atoms with van der Waals surface area (Å²) in [6.07, 6.45) is -7.84. The van der Waals surface area contributed by atoms with Gasteiger partial charge in [0.1, 0.15) is 18.3 Å². The normalized spacial score (nSPS) is 17.0. The first kappa shape index (κ1) is 24.4. The molecule has 0 aliphatic carbocycles. The Kier molecular flexibility index (Phi) is 14.3. The van der Waals surface area contributed by atoms with Gasteiger partial charge in [-0.2, -0.15) is 8.42 Å². The van der Waals surface area contributed by atoms with Crippen LogP contribution in [0.3, 0.4) is 0 Å². The molecule has 8 N–H and O–H groups in total. The molecule has 0 spiro atoms. The monoisotopic (exact) mass is 336 g/mol. The third-order valence-electron chi connectivity index (χ3n) is 1.51. The van der Waals surface area contributed by atoms with Crippen molar-refractivity contribution in [3.05, 3.63) is 0 Å². The van der Waals surface area contributed by atoms with Gasteiger partial charge in [0, 0.05) is 0 Å². The standard InChI is InChI=1S/C6H12O7.Ca.H2O4S.2H/c7-1-2(8)3(9)4(10)5(11)6(12)13;;1-5(2,3)4;;/h2-5,7-11H,1H2,(H,12,13);;(H2,1,2,3,4);;/t2-,3-,4+,5-;;;;/m1..../s1. The summed E-state index contributed by atoms with van der Waals surface area (Å²) in [4.78, 5) is 10.1. The molecule has 0 fully saturated rings. The van der Waals surface area contributed by atoms with Crippen LogP contribution in [-0.2, 0) is 15.2 Å². The molecular formula is C6H16CaO11S. The summed E-state index contributed by atoms with van der Waals surface area (Å²) in [6, 6.07) is 0. The van der Waals surface area contributed by atoms with Crippen LogP contribution in [-0.4, -0.2) is 123 Å². The van der Waals surface area contributed by atoms with Gasteiger partial charge in [-0.05, 0) is 0 Å². The Morgan fingerprint density at radius 3 is 1.53 bits per heavy atom. The quantitative estimate of drug-likeness (QED) is 0.176. The first-order valence-corrected chi connectivity index (χ1v) is 5.57. The van der Waals surface area contributed by atoms with Gasteiger partial charge in [0.2, 0.25) is 0 Å². The summed E-state index contributed by atoms with van der Waals surface area (Å²) in [6.45, 7) is -0.843. The third-order valence-corrected chi connectivity index (χ3v) is 1.51. The Balaban J connectivity index is -0.000000366. The van der Waals surface area contributed by atoms with Gasteiger partial charge in [-0.15, -0.1) is 0 Å². The number of hydrogen-bond acceptors (Lipinski definition) is 8. The molecule has 0 amide bonds. The Labute approximate surface area is 137 Å². The van der Waals surface area contributed by atoms with E-state index in [0.717, 1.165) is 0 Å². The zero-order chi connectivity index (χ0) is 15.1. The number of aliphatic carboxylic acids is 1. The van der Waals surface area contributed by atoms with Crippen LogP contribution in [0.1, 0.15) is 0 Å². The van der Waals surface area contributed by atoms with E-state index in [2.05, 4.69) is 0 Å². The van der Waals surface area contributed by atoms with E-state index in [1.54, 1.807) is 0 Å². The minimum absolute atomic E-state index is 0. The topological polar surface area (TPSA) is 213 Å². The van der Waals surface area contributed by atoms with Crippen LogP contribution in [0.15, 0.2) is 0 Å². The van der Waals surface area contributed by atoms with E-state index < -0.39 is 47.4 Å². The number of carboxylic acids is 1. The van der Waals surface area contributed by atoms with E-state index in [9.17, 15) is 4.79 Å². The number of aliphatic hydroxyl groups is 5. The number of rotatable bonds is 5. The number of hydrogen-bond donors (Lipinski definition) is 8. The van der Waals surface area contributed by atoms with E-state index in [1.165, 1.54) is 0 Å². The van der Waals surface area contributed by atoms with Crippen molar-refractivity contribution in [2.24, 2.45) is 0 Å². The molecule has 0 aromatic heterocycles. The van der Waals surface area contributed by atoms with Gasteiger partial charge in [-0.3, -0.25) is 9.11 Å². The molecule has 0 saturated carbocycles. The molecule has 0 bridgehead atoms. The fraction of sp³-hybridized carbons (Fsp3) is 0.833. The SMILES string of the molecule is O=C(O)[C@H](O)[C@@H](O)[C@H](O)[C@H](O)CO.O=S(=O)(O)O.[CaH2]. The molecule has 0 radical (unpaired) electrons. The Morgan fingerprint density at radius 2 is 1.32 bits per heavy atom. The Hall–Kier alpha value is 0.400. The molecule has 0 unspecified atom stereocenters. The molecule has 0 rings (SSSR count). The fourth-order valence-corrected chi connectivity index (χ4v) is 0.668. The zero-order valence-electron chi connectivity index (χ0n) is 8.73. The van der Waals surface area contributed by atoms with Gasteiger partial charge in [0.25, 0.3) is 0 Å². The molecule has 13 heteroatoms. The average Bonchev–Trinajstić information content (AvgIpc) is 2.22. The van der Waals surface area contributed by atoms with Crippen molar-refractivity contribution >= 4 is 54.1 Å². The summed E-state index contributed by atoms with van der Waals surface area (Å²) in [5, 5.41) is 51.8. The molecule has 0 heterocycles. The van der Waals surface area contributed by atoms with Crippen molar-refractivity contribution in [1.29, 1.82) is 0 Å². The second-order valence-corrected chi connectivity index (χ2v) is 3.86. The molecule has 0 aromatic rings. The van der Waals surface area contributed by atoms with Crippen LogP contribution in [0.5, 0.6) is 0 Å². The minimum atomic E-state index is -4.67. The predicted molar refractivity (Wildman–Crippen MR) is 61.5 cm³/mol. The van der Waals surface area contributed by atoms with E-state index in [1.807, 2.05) is 0 Å². The first-order valence-electron chi connectivity index (χ1n) is 4.17. The second kappa shape index (κ2) is 11.1. The first-order chi connectivity index (χ1) is 7.91. The number of aliphatic hydroxyl groups excluding tert-OH is 5. The van der Waals surface area contributed by atoms with Crippen molar-refractivity contribution in [2.75, 3.05) is 6.61 Å². The summed E-state index contributed by atoms with van der Waals surface area (Å²) >= 11 is 0. The van der Waals surface area contributed by atoms with Gasteiger partial charge < -0.3 is 30.6 Å². The maximum atomic E-state index is 10.1. The summed E-state index contributed by atoms with van der Waals surface area (Å²) in [5.41, 5.74) is 0. The number of carbonyl (C=O) groups is 1. The zero-order valence-corrected chi connectivity index (χ0v) is 9.54. The molecule has 11 nitrogen and oxygen atoms in total. The van der Waals surface area contributed by atoms with Crippen molar-refractivity contribution in [3.63, 3.8) is 0 Å². The van der Waals surface area contributed by atoms with Crippen LogP contribution < -0.4 is 0 Å². The molecule has 0 aliphatic rings. The van der Waals surface area contributed by atoms with E-state index in [-0.39, 0.29) is 37.7 Å².